The number of hydrogen-bond acceptors (Lipinski definition) is 4. The molecule has 0 radical (unpaired) electrons. The Morgan fingerprint density at radius 2 is 1.88 bits per heavy atom. The zero-order valence-electron chi connectivity index (χ0n) is 19.3. The third kappa shape index (κ3) is 5.09. The first kappa shape index (κ1) is 23.4. The quantitative estimate of drug-likeness (QED) is 0.509. The van der Waals surface area contributed by atoms with E-state index in [1.54, 1.807) is 24.3 Å². The lowest BCUT2D eigenvalue weighted by atomic mass is 9.81. The van der Waals surface area contributed by atoms with Gasteiger partial charge in [-0.1, -0.05) is 68.0 Å². The minimum atomic E-state index is -0.978. The van der Waals surface area contributed by atoms with Crippen LogP contribution in [0.5, 0.6) is 0 Å². The number of aromatic nitrogens is 3. The van der Waals surface area contributed by atoms with E-state index in [-0.39, 0.29) is 23.9 Å². The summed E-state index contributed by atoms with van der Waals surface area (Å²) >= 11 is 0. The fourth-order valence-corrected chi connectivity index (χ4v) is 4.63. The van der Waals surface area contributed by atoms with E-state index in [9.17, 15) is 19.5 Å². The minimum Gasteiger partial charge on any atom is -0.478 e. The molecule has 0 bridgehead atoms. The van der Waals surface area contributed by atoms with Gasteiger partial charge in [0.15, 0.2) is 0 Å². The second-order valence-corrected chi connectivity index (χ2v) is 8.80. The molecule has 1 aromatic heterocycles. The number of aromatic carboxylic acids is 1. The van der Waals surface area contributed by atoms with Gasteiger partial charge in [0.05, 0.1) is 12.1 Å². The lowest BCUT2D eigenvalue weighted by Gasteiger charge is -2.25. The molecule has 4 rings (SSSR count). The average Bonchev–Trinajstić information content (AvgIpc) is 3.22. The number of carboxylic acid groups (broad SMARTS) is 1. The zero-order valence-corrected chi connectivity index (χ0v) is 19.3. The van der Waals surface area contributed by atoms with Gasteiger partial charge in [-0.2, -0.15) is 5.10 Å². The summed E-state index contributed by atoms with van der Waals surface area (Å²) < 4.78 is 2.43. The standard InChI is InChI=1S/C27H29N3O4/c1-2-3-7-19-8-6-9-22(16-19)25(31)30-27(34)29(18-28-30)17-20-12-14-21(15-13-20)23-10-4-5-11-24(23)26(32)33/h3-5,7,10-15,18-19,22H,2,6,8-9,16-17H2,1H3,(H,32,33). The van der Waals surface area contributed by atoms with Crippen LogP contribution in [0.4, 0.5) is 0 Å². The van der Waals surface area contributed by atoms with Crippen LogP contribution in [0, 0.1) is 11.8 Å². The zero-order chi connectivity index (χ0) is 24.1. The first-order valence-electron chi connectivity index (χ1n) is 11.7. The molecule has 0 saturated heterocycles. The van der Waals surface area contributed by atoms with Crippen molar-refractivity contribution in [1.29, 1.82) is 0 Å². The molecular weight excluding hydrogens is 430 g/mol. The summed E-state index contributed by atoms with van der Waals surface area (Å²) in [6.07, 6.45) is 10.3. The SMILES string of the molecule is CCC=CC1CCCC(C(=O)n2ncn(Cc3ccc(-c4ccccc4C(=O)O)cc3)c2=O)C1. The van der Waals surface area contributed by atoms with Crippen molar-refractivity contribution in [3.63, 3.8) is 0 Å². The topological polar surface area (TPSA) is 94.2 Å². The van der Waals surface area contributed by atoms with Crippen LogP contribution in [0.3, 0.4) is 0 Å². The molecule has 1 aliphatic carbocycles. The van der Waals surface area contributed by atoms with Gasteiger partial charge in [-0.3, -0.25) is 9.36 Å². The number of carboxylic acids is 1. The van der Waals surface area contributed by atoms with Gasteiger partial charge in [0, 0.05) is 5.92 Å². The van der Waals surface area contributed by atoms with Crippen LogP contribution in [-0.4, -0.2) is 31.3 Å². The third-order valence-corrected chi connectivity index (χ3v) is 6.43. The molecule has 2 unspecified atom stereocenters. The van der Waals surface area contributed by atoms with Gasteiger partial charge in [-0.05, 0) is 54.4 Å². The van der Waals surface area contributed by atoms with E-state index < -0.39 is 11.7 Å². The Morgan fingerprint density at radius 3 is 2.62 bits per heavy atom. The molecular formula is C27H29N3O4. The minimum absolute atomic E-state index is 0.185. The van der Waals surface area contributed by atoms with Crippen molar-refractivity contribution in [2.45, 2.75) is 45.6 Å². The maximum Gasteiger partial charge on any atom is 0.353 e. The lowest BCUT2D eigenvalue weighted by Crippen LogP contribution is -2.35. The van der Waals surface area contributed by atoms with Crippen molar-refractivity contribution < 1.29 is 14.7 Å². The highest BCUT2D eigenvalue weighted by molar-refractivity contribution is 5.96. The maximum atomic E-state index is 13.0. The number of rotatable bonds is 7. The molecule has 7 nitrogen and oxygen atoms in total. The molecule has 1 fully saturated rings. The van der Waals surface area contributed by atoms with Gasteiger partial charge in [-0.25, -0.2) is 9.59 Å². The van der Waals surface area contributed by atoms with E-state index in [0.717, 1.165) is 47.9 Å². The van der Waals surface area contributed by atoms with E-state index >= 15 is 0 Å². The van der Waals surface area contributed by atoms with Crippen LogP contribution >= 0.6 is 0 Å². The molecule has 0 amide bonds. The Balaban J connectivity index is 1.48. The molecule has 2 aromatic carbocycles. The van der Waals surface area contributed by atoms with Gasteiger partial charge >= 0.3 is 11.7 Å². The fourth-order valence-electron chi connectivity index (χ4n) is 4.63. The molecule has 1 heterocycles. The monoisotopic (exact) mass is 459 g/mol. The second-order valence-electron chi connectivity index (χ2n) is 8.80. The number of carbonyl (C=O) groups excluding carboxylic acids is 1. The Morgan fingerprint density at radius 1 is 1.12 bits per heavy atom. The smallest absolute Gasteiger partial charge is 0.353 e. The number of nitrogens with zero attached hydrogens (tertiary/aromatic N) is 3. The highest BCUT2D eigenvalue weighted by atomic mass is 16.4. The summed E-state index contributed by atoms with van der Waals surface area (Å²) in [5, 5.41) is 13.5. The predicted octanol–water partition coefficient (Wildman–Crippen LogP) is 4.87. The van der Waals surface area contributed by atoms with Crippen LogP contribution in [0.2, 0.25) is 0 Å². The highest BCUT2D eigenvalue weighted by Crippen LogP contribution is 2.31. The molecule has 0 aliphatic heterocycles. The van der Waals surface area contributed by atoms with Crippen LogP contribution in [0.15, 0.2) is 71.8 Å². The van der Waals surface area contributed by atoms with E-state index in [4.69, 9.17) is 0 Å². The van der Waals surface area contributed by atoms with Crippen molar-refractivity contribution in [3.8, 4) is 11.1 Å². The first-order chi connectivity index (χ1) is 16.5. The van der Waals surface area contributed by atoms with Crippen LogP contribution in [0.25, 0.3) is 11.1 Å². The highest BCUT2D eigenvalue weighted by Gasteiger charge is 2.29. The van der Waals surface area contributed by atoms with Crippen molar-refractivity contribution >= 4 is 11.9 Å². The van der Waals surface area contributed by atoms with Crippen molar-refractivity contribution in [3.05, 3.63) is 88.6 Å². The second kappa shape index (κ2) is 10.5. The van der Waals surface area contributed by atoms with Gasteiger partial charge in [-0.15, -0.1) is 4.68 Å². The van der Waals surface area contributed by atoms with Crippen molar-refractivity contribution in [2.75, 3.05) is 0 Å². The largest absolute Gasteiger partial charge is 0.478 e. The van der Waals surface area contributed by atoms with E-state index in [1.807, 2.05) is 24.3 Å². The summed E-state index contributed by atoms with van der Waals surface area (Å²) in [4.78, 5) is 37.4. The molecule has 1 aliphatic rings. The molecule has 1 N–H and O–H groups in total. The summed E-state index contributed by atoms with van der Waals surface area (Å²) in [6, 6.07) is 14.2. The number of benzene rings is 2. The molecule has 2 atom stereocenters. The summed E-state index contributed by atoms with van der Waals surface area (Å²) in [6.45, 7) is 2.37. The fraction of sp³-hybridized carbons (Fsp3) is 0.333. The Bertz CT molecular complexity index is 1250. The summed E-state index contributed by atoms with van der Waals surface area (Å²) in [5.74, 6) is -1.01. The van der Waals surface area contributed by atoms with E-state index in [0.29, 0.717) is 11.5 Å². The normalized spacial score (nSPS) is 18.3. The predicted molar refractivity (Wildman–Crippen MR) is 130 cm³/mol. The van der Waals surface area contributed by atoms with Gasteiger partial charge in [0.2, 0.25) is 0 Å². The number of allylic oxidation sites excluding steroid dienone is 2. The van der Waals surface area contributed by atoms with Crippen molar-refractivity contribution in [2.24, 2.45) is 11.8 Å². The first-order valence-corrected chi connectivity index (χ1v) is 11.7. The Hall–Kier alpha value is -3.74. The van der Waals surface area contributed by atoms with Crippen LogP contribution < -0.4 is 5.69 Å². The average molecular weight is 460 g/mol. The molecule has 176 valence electrons. The third-order valence-electron chi connectivity index (χ3n) is 6.43. The maximum absolute atomic E-state index is 13.0. The van der Waals surface area contributed by atoms with Gasteiger partial charge in [0.25, 0.3) is 5.91 Å². The van der Waals surface area contributed by atoms with Crippen molar-refractivity contribution in [1.82, 2.24) is 14.3 Å². The van der Waals surface area contributed by atoms with Crippen LogP contribution in [0.1, 0.15) is 59.7 Å². The Kier molecular flexibility index (Phi) is 7.21. The molecule has 7 heteroatoms. The summed E-state index contributed by atoms with van der Waals surface area (Å²) in [7, 11) is 0. The van der Waals surface area contributed by atoms with Gasteiger partial charge in [0.1, 0.15) is 6.33 Å². The van der Waals surface area contributed by atoms with E-state index in [1.165, 1.54) is 10.9 Å². The summed E-state index contributed by atoms with van der Waals surface area (Å²) in [5.41, 5.74) is 2.08. The molecule has 1 saturated carbocycles. The van der Waals surface area contributed by atoms with E-state index in [2.05, 4.69) is 24.2 Å². The number of hydrogen-bond donors (Lipinski definition) is 1. The molecule has 3 aromatic rings. The molecule has 0 spiro atoms. The van der Waals surface area contributed by atoms with Gasteiger partial charge < -0.3 is 5.11 Å². The Labute approximate surface area is 198 Å². The van der Waals surface area contributed by atoms with Crippen LogP contribution in [-0.2, 0) is 6.54 Å². The number of carbonyl (C=O) groups is 2. The lowest BCUT2D eigenvalue weighted by molar-refractivity contribution is 0.0696. The molecule has 34 heavy (non-hydrogen) atoms.